The third-order valence-electron chi connectivity index (χ3n) is 2.59. The van der Waals surface area contributed by atoms with Gasteiger partial charge in [-0.15, -0.1) is 0 Å². The minimum atomic E-state index is 0.458. The summed E-state index contributed by atoms with van der Waals surface area (Å²) in [7, 11) is 0. The lowest BCUT2D eigenvalue weighted by atomic mass is 10.1. The molecule has 56 valence electrons. The number of anilines is 1. The summed E-state index contributed by atoms with van der Waals surface area (Å²) in [6.07, 6.45) is 1.20. The smallest absolute Gasteiger partial charge is 0.121 e. The molecule has 0 radical (unpaired) electrons. The Bertz CT molecular complexity index is 321. The Morgan fingerprint density at radius 1 is 1.45 bits per heavy atom. The molecule has 2 atom stereocenters. The highest BCUT2D eigenvalue weighted by molar-refractivity contribution is 5.67. The molecule has 2 heteroatoms. The van der Waals surface area contributed by atoms with Crippen LogP contribution in [0.1, 0.15) is 17.9 Å². The van der Waals surface area contributed by atoms with Gasteiger partial charge in [-0.2, -0.15) is 0 Å². The van der Waals surface area contributed by atoms with E-state index < -0.39 is 0 Å². The van der Waals surface area contributed by atoms with Crippen LogP contribution in [0.25, 0.3) is 0 Å². The van der Waals surface area contributed by atoms with Crippen LogP contribution in [0.15, 0.2) is 18.2 Å². The second-order valence-corrected chi connectivity index (χ2v) is 3.33. The average molecular weight is 147 g/mol. The predicted octanol–water partition coefficient (Wildman–Crippen LogP) is 1.67. The normalized spacial score (nSPS) is 30.5. The molecule has 1 fully saturated rings. The third kappa shape index (κ3) is 0.570. The van der Waals surface area contributed by atoms with Crippen LogP contribution in [-0.2, 0) is 0 Å². The average Bonchev–Trinajstić information content (AvgIpc) is 2.62. The lowest BCUT2D eigenvalue weighted by Gasteiger charge is -2.04. The van der Waals surface area contributed by atoms with Gasteiger partial charge in [0, 0.05) is 23.2 Å². The monoisotopic (exact) mass is 147 g/mol. The molecule has 2 nitrogen and oxygen atoms in total. The molecule has 2 N–H and O–H groups in total. The van der Waals surface area contributed by atoms with Crippen molar-refractivity contribution in [1.82, 2.24) is 0 Å². The highest BCUT2D eigenvalue weighted by Crippen LogP contribution is 2.54. The topological polar surface area (TPSA) is 32.3 Å². The van der Waals surface area contributed by atoms with Crippen molar-refractivity contribution in [2.75, 3.05) is 5.32 Å². The number of hydrogen-bond acceptors (Lipinski definition) is 2. The molecule has 1 aromatic carbocycles. The molecular formula is C9H9NO. The summed E-state index contributed by atoms with van der Waals surface area (Å²) < 4.78 is 0. The third-order valence-corrected chi connectivity index (χ3v) is 2.59. The van der Waals surface area contributed by atoms with Gasteiger partial charge in [0.05, 0.1) is 0 Å². The Balaban J connectivity index is 2.25. The lowest BCUT2D eigenvalue weighted by Crippen LogP contribution is -1.95. The van der Waals surface area contributed by atoms with Gasteiger partial charge in [-0.1, -0.05) is 6.07 Å². The van der Waals surface area contributed by atoms with Crippen molar-refractivity contribution >= 4 is 5.69 Å². The molecule has 0 saturated heterocycles. The van der Waals surface area contributed by atoms with Crippen LogP contribution < -0.4 is 5.32 Å². The molecule has 1 aliphatic carbocycles. The number of phenols is 1. The Hall–Kier alpha value is -1.18. The number of fused-ring (bicyclic) bond motifs is 3. The molecule has 1 heterocycles. The van der Waals surface area contributed by atoms with Gasteiger partial charge in [0.25, 0.3) is 0 Å². The molecule has 1 aliphatic heterocycles. The summed E-state index contributed by atoms with van der Waals surface area (Å²) in [4.78, 5) is 0. The van der Waals surface area contributed by atoms with Crippen molar-refractivity contribution < 1.29 is 5.11 Å². The van der Waals surface area contributed by atoms with E-state index in [1.807, 2.05) is 12.1 Å². The second kappa shape index (κ2) is 1.52. The van der Waals surface area contributed by atoms with E-state index in [1.54, 1.807) is 6.07 Å². The van der Waals surface area contributed by atoms with Gasteiger partial charge in [-0.25, -0.2) is 0 Å². The van der Waals surface area contributed by atoms with E-state index in [2.05, 4.69) is 5.32 Å². The zero-order valence-electron chi connectivity index (χ0n) is 6.04. The summed E-state index contributed by atoms with van der Waals surface area (Å²) in [5, 5.41) is 12.8. The molecule has 2 aliphatic rings. The standard InChI is InChI=1S/C9H9NO/c11-8-3-1-2-6-9(8)5-4-7(5)10-6/h1-3,5,7,10-11H,4H2. The molecule has 3 rings (SSSR count). The molecule has 0 aromatic heterocycles. The van der Waals surface area contributed by atoms with E-state index in [4.69, 9.17) is 0 Å². The Kier molecular flexibility index (Phi) is 0.757. The summed E-state index contributed by atoms with van der Waals surface area (Å²) in [6.45, 7) is 0. The van der Waals surface area contributed by atoms with Crippen LogP contribution in [-0.4, -0.2) is 11.1 Å². The molecule has 0 bridgehead atoms. The van der Waals surface area contributed by atoms with E-state index in [0.29, 0.717) is 17.7 Å². The van der Waals surface area contributed by atoms with Crippen LogP contribution >= 0.6 is 0 Å². The first-order chi connectivity index (χ1) is 5.36. The van der Waals surface area contributed by atoms with Crippen molar-refractivity contribution in [3.8, 4) is 5.75 Å². The molecule has 1 saturated carbocycles. The van der Waals surface area contributed by atoms with Crippen LogP contribution in [0.4, 0.5) is 5.69 Å². The highest BCUT2D eigenvalue weighted by atomic mass is 16.3. The van der Waals surface area contributed by atoms with Gasteiger partial charge in [-0.3, -0.25) is 0 Å². The molecule has 1 aromatic rings. The Morgan fingerprint density at radius 2 is 2.36 bits per heavy atom. The number of benzene rings is 1. The molecular weight excluding hydrogens is 138 g/mol. The number of phenolic OH excluding ortho intramolecular Hbond substituents is 1. The zero-order chi connectivity index (χ0) is 7.42. The van der Waals surface area contributed by atoms with Crippen LogP contribution in [0, 0.1) is 0 Å². The van der Waals surface area contributed by atoms with Crippen molar-refractivity contribution in [3.63, 3.8) is 0 Å². The number of rotatable bonds is 0. The van der Waals surface area contributed by atoms with Crippen LogP contribution in [0.2, 0.25) is 0 Å². The maximum absolute atomic E-state index is 9.49. The molecule has 0 spiro atoms. The Labute approximate surface area is 64.9 Å². The van der Waals surface area contributed by atoms with Gasteiger partial charge < -0.3 is 10.4 Å². The van der Waals surface area contributed by atoms with E-state index in [1.165, 1.54) is 6.42 Å². The number of nitrogens with one attached hydrogen (secondary N) is 1. The lowest BCUT2D eigenvalue weighted by molar-refractivity contribution is 0.469. The summed E-state index contributed by atoms with van der Waals surface area (Å²) >= 11 is 0. The van der Waals surface area contributed by atoms with Gasteiger partial charge in [0.15, 0.2) is 0 Å². The van der Waals surface area contributed by atoms with Gasteiger partial charge in [0.2, 0.25) is 0 Å². The molecule has 0 amide bonds. The SMILES string of the molecule is Oc1cccc2c1C1CC1N2. The van der Waals surface area contributed by atoms with Gasteiger partial charge in [0.1, 0.15) is 5.75 Å². The van der Waals surface area contributed by atoms with Crippen molar-refractivity contribution in [2.24, 2.45) is 0 Å². The minimum absolute atomic E-state index is 0.458. The molecule has 2 unspecified atom stereocenters. The van der Waals surface area contributed by atoms with Crippen molar-refractivity contribution in [1.29, 1.82) is 0 Å². The van der Waals surface area contributed by atoms with Gasteiger partial charge >= 0.3 is 0 Å². The van der Waals surface area contributed by atoms with Crippen LogP contribution in [0.5, 0.6) is 5.75 Å². The van der Waals surface area contributed by atoms with Crippen LogP contribution in [0.3, 0.4) is 0 Å². The summed E-state index contributed by atoms with van der Waals surface area (Å²) in [5.74, 6) is 1.06. The maximum atomic E-state index is 9.49. The predicted molar refractivity (Wildman–Crippen MR) is 42.9 cm³/mol. The maximum Gasteiger partial charge on any atom is 0.121 e. The fraction of sp³-hybridized carbons (Fsp3) is 0.333. The Morgan fingerprint density at radius 3 is 3.18 bits per heavy atom. The van der Waals surface area contributed by atoms with E-state index in [9.17, 15) is 5.11 Å². The number of aromatic hydroxyl groups is 1. The largest absolute Gasteiger partial charge is 0.508 e. The first kappa shape index (κ1) is 5.47. The zero-order valence-corrected chi connectivity index (χ0v) is 6.04. The van der Waals surface area contributed by atoms with Gasteiger partial charge in [-0.05, 0) is 18.6 Å². The second-order valence-electron chi connectivity index (χ2n) is 3.33. The first-order valence-corrected chi connectivity index (χ1v) is 3.94. The van der Waals surface area contributed by atoms with Crippen molar-refractivity contribution in [2.45, 2.75) is 18.4 Å². The van der Waals surface area contributed by atoms with E-state index in [-0.39, 0.29) is 0 Å². The van der Waals surface area contributed by atoms with Crippen molar-refractivity contribution in [3.05, 3.63) is 23.8 Å². The first-order valence-electron chi connectivity index (χ1n) is 3.94. The molecule has 11 heavy (non-hydrogen) atoms. The quantitative estimate of drug-likeness (QED) is 0.585. The minimum Gasteiger partial charge on any atom is -0.508 e. The van der Waals surface area contributed by atoms with E-state index in [0.717, 1.165) is 11.3 Å². The highest BCUT2D eigenvalue weighted by Gasteiger charge is 2.46. The fourth-order valence-electron chi connectivity index (χ4n) is 1.94. The fourth-order valence-corrected chi connectivity index (χ4v) is 1.94. The van der Waals surface area contributed by atoms with E-state index >= 15 is 0 Å². The number of hydrogen-bond donors (Lipinski definition) is 2. The summed E-state index contributed by atoms with van der Waals surface area (Å²) in [5.41, 5.74) is 2.27. The summed E-state index contributed by atoms with van der Waals surface area (Å²) in [6, 6.07) is 6.30.